The van der Waals surface area contributed by atoms with Gasteiger partial charge in [-0.15, -0.1) is 0 Å². The fourth-order valence-electron chi connectivity index (χ4n) is 4.55. The average molecular weight is 497 g/mol. The second-order valence-electron chi connectivity index (χ2n) is 8.51. The number of piperazine rings is 1. The third-order valence-electron chi connectivity index (χ3n) is 6.24. The molecule has 2 atom stereocenters. The summed E-state index contributed by atoms with van der Waals surface area (Å²) >= 11 is 0. The van der Waals surface area contributed by atoms with Gasteiger partial charge in [-0.2, -0.15) is 8.61 Å². The van der Waals surface area contributed by atoms with E-state index in [-0.39, 0.29) is 22.9 Å². The fourth-order valence-corrected chi connectivity index (χ4v) is 8.30. The molecule has 0 spiro atoms. The minimum Gasteiger partial charge on any atom is -0.255 e. The summed E-state index contributed by atoms with van der Waals surface area (Å²) in [4.78, 5) is 8.83. The Balaban J connectivity index is 1.51. The van der Waals surface area contributed by atoms with Gasteiger partial charge in [-0.1, -0.05) is 36.4 Å². The zero-order valence-electron chi connectivity index (χ0n) is 18.7. The van der Waals surface area contributed by atoms with Gasteiger partial charge in [0, 0.05) is 48.3 Å². The lowest BCUT2D eigenvalue weighted by Gasteiger charge is -2.42. The zero-order chi connectivity index (χ0) is 24.1. The van der Waals surface area contributed by atoms with Crippen LogP contribution in [0.3, 0.4) is 0 Å². The maximum absolute atomic E-state index is 13.7. The lowest BCUT2D eigenvalue weighted by Crippen LogP contribution is -2.59. The van der Waals surface area contributed by atoms with Crippen LogP contribution in [0.4, 0.5) is 0 Å². The highest BCUT2D eigenvalue weighted by Gasteiger charge is 2.42. The van der Waals surface area contributed by atoms with Crippen molar-refractivity contribution in [1.82, 2.24) is 18.6 Å². The molecule has 1 aliphatic heterocycles. The van der Waals surface area contributed by atoms with Gasteiger partial charge in [0.1, 0.15) is 9.79 Å². The maximum Gasteiger partial charge on any atom is 0.245 e. The van der Waals surface area contributed by atoms with Crippen molar-refractivity contribution in [2.24, 2.45) is 0 Å². The molecule has 2 aromatic carbocycles. The lowest BCUT2D eigenvalue weighted by molar-refractivity contribution is 0.164. The Labute approximate surface area is 199 Å². The molecule has 0 aliphatic carbocycles. The van der Waals surface area contributed by atoms with E-state index < -0.39 is 32.1 Å². The zero-order valence-corrected chi connectivity index (χ0v) is 20.4. The van der Waals surface area contributed by atoms with E-state index in [2.05, 4.69) is 9.97 Å². The summed E-state index contributed by atoms with van der Waals surface area (Å²) in [7, 11) is -7.80. The summed E-state index contributed by atoms with van der Waals surface area (Å²) in [5.41, 5.74) is 0.809. The molecule has 2 aromatic heterocycles. The van der Waals surface area contributed by atoms with Crippen molar-refractivity contribution in [1.29, 1.82) is 0 Å². The monoisotopic (exact) mass is 496 g/mol. The number of benzene rings is 2. The number of pyridine rings is 2. The van der Waals surface area contributed by atoms with E-state index in [0.29, 0.717) is 11.0 Å². The van der Waals surface area contributed by atoms with E-state index in [9.17, 15) is 16.8 Å². The molecule has 0 radical (unpaired) electrons. The van der Waals surface area contributed by atoms with Crippen LogP contribution in [0, 0.1) is 0 Å². The lowest BCUT2D eigenvalue weighted by atomic mass is 10.2. The summed E-state index contributed by atoms with van der Waals surface area (Å²) < 4.78 is 57.4. The molecule has 34 heavy (non-hydrogen) atoms. The van der Waals surface area contributed by atoms with Gasteiger partial charge in [0.2, 0.25) is 20.0 Å². The third-order valence-corrected chi connectivity index (χ3v) is 10.3. The minimum atomic E-state index is -3.90. The summed E-state index contributed by atoms with van der Waals surface area (Å²) in [5, 5.41) is 1.46. The van der Waals surface area contributed by atoms with Crippen LogP contribution in [0.1, 0.15) is 13.8 Å². The minimum absolute atomic E-state index is 0.0319. The molecule has 0 saturated carbocycles. The van der Waals surface area contributed by atoms with Crippen molar-refractivity contribution in [3.63, 3.8) is 0 Å². The van der Waals surface area contributed by atoms with Gasteiger partial charge in [-0.25, -0.2) is 16.8 Å². The Kier molecular flexibility index (Phi) is 5.64. The predicted molar refractivity (Wildman–Crippen MR) is 130 cm³/mol. The van der Waals surface area contributed by atoms with Crippen LogP contribution in [0.5, 0.6) is 0 Å². The van der Waals surface area contributed by atoms with E-state index in [1.807, 2.05) is 24.3 Å². The summed E-state index contributed by atoms with van der Waals surface area (Å²) in [6.07, 6.45) is 3.13. The number of hydrogen-bond donors (Lipinski definition) is 0. The highest BCUT2D eigenvalue weighted by Crippen LogP contribution is 2.32. The molecule has 176 valence electrons. The Morgan fingerprint density at radius 3 is 1.44 bits per heavy atom. The van der Waals surface area contributed by atoms with Crippen molar-refractivity contribution in [3.05, 3.63) is 73.1 Å². The van der Waals surface area contributed by atoms with Gasteiger partial charge in [-0.3, -0.25) is 9.97 Å². The van der Waals surface area contributed by atoms with Crippen molar-refractivity contribution in [2.75, 3.05) is 13.1 Å². The molecule has 1 aliphatic rings. The quantitative estimate of drug-likeness (QED) is 0.430. The van der Waals surface area contributed by atoms with Gasteiger partial charge >= 0.3 is 0 Å². The number of rotatable bonds is 4. The number of nitrogens with zero attached hydrogens (tertiary/aromatic N) is 4. The van der Waals surface area contributed by atoms with Gasteiger partial charge in [-0.05, 0) is 38.1 Å². The van der Waals surface area contributed by atoms with E-state index in [1.165, 1.54) is 8.61 Å². The van der Waals surface area contributed by atoms with Crippen LogP contribution in [0.15, 0.2) is 82.8 Å². The van der Waals surface area contributed by atoms with E-state index in [4.69, 9.17) is 0 Å². The van der Waals surface area contributed by atoms with E-state index >= 15 is 0 Å². The molecule has 10 heteroatoms. The molecule has 0 bridgehead atoms. The topological polar surface area (TPSA) is 101 Å². The van der Waals surface area contributed by atoms with Crippen molar-refractivity contribution < 1.29 is 16.8 Å². The first-order valence-electron chi connectivity index (χ1n) is 10.9. The molecule has 0 amide bonds. The van der Waals surface area contributed by atoms with Crippen LogP contribution >= 0.6 is 0 Å². The molecule has 8 nitrogen and oxygen atoms in total. The summed E-state index contributed by atoms with van der Waals surface area (Å²) in [5.74, 6) is 0. The summed E-state index contributed by atoms with van der Waals surface area (Å²) in [6.45, 7) is 3.52. The number of hydrogen-bond acceptors (Lipinski definition) is 6. The van der Waals surface area contributed by atoms with E-state index in [1.54, 1.807) is 62.6 Å². The van der Waals surface area contributed by atoms with Crippen molar-refractivity contribution in [2.45, 2.75) is 35.7 Å². The van der Waals surface area contributed by atoms with Crippen LogP contribution < -0.4 is 0 Å². The normalized spacial score (nSPS) is 20.6. The van der Waals surface area contributed by atoms with Crippen LogP contribution in [0.2, 0.25) is 0 Å². The van der Waals surface area contributed by atoms with Gasteiger partial charge in [0.15, 0.2) is 0 Å². The first kappa shape index (κ1) is 22.9. The largest absolute Gasteiger partial charge is 0.255 e. The highest BCUT2D eigenvalue weighted by atomic mass is 32.2. The number of sulfonamides is 2. The first-order chi connectivity index (χ1) is 16.2. The second kappa shape index (κ2) is 8.38. The summed E-state index contributed by atoms with van der Waals surface area (Å²) in [6, 6.07) is 16.1. The van der Waals surface area contributed by atoms with Crippen LogP contribution in [-0.4, -0.2) is 60.6 Å². The van der Waals surface area contributed by atoms with E-state index in [0.717, 1.165) is 10.8 Å². The molecule has 1 saturated heterocycles. The molecule has 4 aromatic rings. The SMILES string of the molecule is C[C@@H]1CN(S(=O)(=O)c2cccc3cccnc23)[C@@H](C)CN1S(=O)(=O)c1cccc2cccnc12. The number of aromatic nitrogens is 2. The predicted octanol–water partition coefficient (Wildman–Crippen LogP) is 3.26. The second-order valence-corrected chi connectivity index (χ2v) is 12.2. The standard InChI is InChI=1S/C24H24N4O4S2/c1-17-15-28(34(31,32)22-12-4-8-20-10-6-14-26-24(20)22)18(2)16-27(17)33(29,30)21-11-3-7-19-9-5-13-25-23(19)21/h3-14,17-18H,15-16H2,1-2H3/t17-,18+. The molecular formula is C24H24N4O4S2. The third kappa shape index (κ3) is 3.67. The van der Waals surface area contributed by atoms with Crippen LogP contribution in [-0.2, 0) is 20.0 Å². The highest BCUT2D eigenvalue weighted by molar-refractivity contribution is 7.90. The maximum atomic E-state index is 13.7. The van der Waals surface area contributed by atoms with Gasteiger partial charge in [0.05, 0.1) is 11.0 Å². The van der Waals surface area contributed by atoms with Gasteiger partial charge in [0.25, 0.3) is 0 Å². The fraction of sp³-hybridized carbons (Fsp3) is 0.250. The Morgan fingerprint density at radius 1 is 0.647 bits per heavy atom. The molecule has 5 rings (SSSR count). The molecule has 0 N–H and O–H groups in total. The Morgan fingerprint density at radius 2 is 1.03 bits per heavy atom. The molecular weight excluding hydrogens is 472 g/mol. The molecule has 1 fully saturated rings. The Bertz CT molecular complexity index is 1470. The molecule has 0 unspecified atom stereocenters. The van der Waals surface area contributed by atoms with Crippen molar-refractivity contribution >= 4 is 41.9 Å². The molecule has 3 heterocycles. The van der Waals surface area contributed by atoms with Crippen molar-refractivity contribution in [3.8, 4) is 0 Å². The smallest absolute Gasteiger partial charge is 0.245 e. The number of para-hydroxylation sites is 2. The van der Waals surface area contributed by atoms with Gasteiger partial charge < -0.3 is 0 Å². The first-order valence-corrected chi connectivity index (χ1v) is 13.8. The average Bonchev–Trinajstić information content (AvgIpc) is 2.84. The van der Waals surface area contributed by atoms with Crippen LogP contribution in [0.25, 0.3) is 21.8 Å². The number of fused-ring (bicyclic) bond motifs is 2. The Hall–Kier alpha value is -2.92.